The number of allylic oxidation sites excluding steroid dienone is 1. The first kappa shape index (κ1) is 14.6. The van der Waals surface area contributed by atoms with Crippen LogP contribution in [0.15, 0.2) is 42.0 Å². The van der Waals surface area contributed by atoms with Crippen LogP contribution in [-0.2, 0) is 6.42 Å². The van der Waals surface area contributed by atoms with Crippen LogP contribution in [0.2, 0.25) is 0 Å². The molecule has 0 N–H and O–H groups in total. The Morgan fingerprint density at radius 3 is 2.50 bits per heavy atom. The first-order chi connectivity index (χ1) is 11.7. The lowest BCUT2D eigenvalue weighted by molar-refractivity contribution is 0.174. The summed E-state index contributed by atoms with van der Waals surface area (Å²) in [5.74, 6) is 2.22. The number of hydrogen-bond acceptors (Lipinski definition) is 4. The Hall–Kier alpha value is -2.93. The van der Waals surface area contributed by atoms with Crippen molar-refractivity contribution in [3.05, 3.63) is 58.7 Å². The molecule has 0 aromatic heterocycles. The maximum Gasteiger partial charge on any atom is 0.231 e. The number of nitrogens with zero attached hydrogens (tertiary/aromatic N) is 1. The Balaban J connectivity index is 1.91. The van der Waals surface area contributed by atoms with Gasteiger partial charge in [0.15, 0.2) is 11.5 Å². The van der Waals surface area contributed by atoms with Gasteiger partial charge in [-0.2, -0.15) is 5.26 Å². The van der Waals surface area contributed by atoms with Gasteiger partial charge in [-0.15, -0.1) is 0 Å². The van der Waals surface area contributed by atoms with E-state index < -0.39 is 0 Å². The fourth-order valence-electron chi connectivity index (χ4n) is 3.43. The van der Waals surface area contributed by atoms with E-state index in [2.05, 4.69) is 6.07 Å². The molecule has 120 valence electrons. The SMILES string of the molecule is COc1ccc(C2=C(C)C(C#N)Cc3cc4c(cc32)OCO4)cc1. The van der Waals surface area contributed by atoms with Crippen molar-refractivity contribution in [2.45, 2.75) is 13.3 Å². The molecule has 0 saturated heterocycles. The van der Waals surface area contributed by atoms with E-state index in [4.69, 9.17) is 14.2 Å². The third-order valence-electron chi connectivity index (χ3n) is 4.74. The van der Waals surface area contributed by atoms with Gasteiger partial charge in [0.1, 0.15) is 5.75 Å². The van der Waals surface area contributed by atoms with Gasteiger partial charge in [0, 0.05) is 0 Å². The lowest BCUT2D eigenvalue weighted by Gasteiger charge is -2.26. The number of benzene rings is 2. The van der Waals surface area contributed by atoms with Crippen LogP contribution < -0.4 is 14.2 Å². The minimum Gasteiger partial charge on any atom is -0.497 e. The molecule has 1 unspecified atom stereocenters. The Kier molecular flexibility index (Phi) is 3.42. The standard InChI is InChI=1S/C20H17NO3/c1-12-15(10-21)7-14-8-18-19(24-11-23-18)9-17(14)20(12)13-3-5-16(22-2)6-4-13/h3-6,8-9,15H,7,11H2,1-2H3. The summed E-state index contributed by atoms with van der Waals surface area (Å²) >= 11 is 0. The molecule has 1 aliphatic heterocycles. The van der Waals surface area contributed by atoms with Gasteiger partial charge >= 0.3 is 0 Å². The summed E-state index contributed by atoms with van der Waals surface area (Å²) in [6.07, 6.45) is 0.702. The van der Waals surface area contributed by atoms with Crippen molar-refractivity contribution in [1.82, 2.24) is 0 Å². The highest BCUT2D eigenvalue weighted by molar-refractivity contribution is 5.86. The third kappa shape index (κ3) is 2.21. The maximum absolute atomic E-state index is 9.57. The Morgan fingerprint density at radius 1 is 1.12 bits per heavy atom. The summed E-state index contributed by atoms with van der Waals surface area (Å²) in [6, 6.07) is 14.4. The first-order valence-electron chi connectivity index (χ1n) is 7.89. The van der Waals surface area contributed by atoms with Crippen molar-refractivity contribution in [2.24, 2.45) is 5.92 Å². The lowest BCUT2D eigenvalue weighted by atomic mass is 9.77. The van der Waals surface area contributed by atoms with E-state index in [-0.39, 0.29) is 12.7 Å². The molecular weight excluding hydrogens is 302 g/mol. The fraction of sp³-hybridized carbons (Fsp3) is 0.250. The number of methoxy groups -OCH3 is 1. The molecule has 0 spiro atoms. The van der Waals surface area contributed by atoms with Gasteiger partial charge < -0.3 is 14.2 Å². The quantitative estimate of drug-likeness (QED) is 0.841. The van der Waals surface area contributed by atoms with E-state index in [9.17, 15) is 5.26 Å². The Labute approximate surface area is 140 Å². The van der Waals surface area contributed by atoms with Crippen molar-refractivity contribution in [3.8, 4) is 23.3 Å². The number of nitriles is 1. The van der Waals surface area contributed by atoms with Gasteiger partial charge in [-0.3, -0.25) is 0 Å². The highest BCUT2D eigenvalue weighted by Gasteiger charge is 2.28. The van der Waals surface area contributed by atoms with Gasteiger partial charge in [0.2, 0.25) is 6.79 Å². The van der Waals surface area contributed by atoms with Gasteiger partial charge in [-0.25, -0.2) is 0 Å². The van der Waals surface area contributed by atoms with E-state index in [1.807, 2.05) is 43.3 Å². The van der Waals surface area contributed by atoms with Crippen LogP contribution in [0.1, 0.15) is 23.6 Å². The molecule has 2 aromatic rings. The average Bonchev–Trinajstić information content (AvgIpc) is 3.07. The molecule has 24 heavy (non-hydrogen) atoms. The van der Waals surface area contributed by atoms with Crippen molar-refractivity contribution in [1.29, 1.82) is 5.26 Å². The molecule has 1 aliphatic carbocycles. The molecule has 4 heteroatoms. The zero-order chi connectivity index (χ0) is 16.7. The van der Waals surface area contributed by atoms with E-state index in [1.54, 1.807) is 7.11 Å². The van der Waals surface area contributed by atoms with Gasteiger partial charge in [0.25, 0.3) is 0 Å². The molecule has 2 aliphatic rings. The summed E-state index contributed by atoms with van der Waals surface area (Å²) in [4.78, 5) is 0. The Bertz CT molecular complexity index is 875. The van der Waals surface area contributed by atoms with Crippen molar-refractivity contribution in [3.63, 3.8) is 0 Å². The lowest BCUT2D eigenvalue weighted by Crippen LogP contribution is -2.14. The topological polar surface area (TPSA) is 51.5 Å². The average molecular weight is 319 g/mol. The molecule has 0 fully saturated rings. The predicted octanol–water partition coefficient (Wildman–Crippen LogP) is 3.94. The highest BCUT2D eigenvalue weighted by Crippen LogP contribution is 2.44. The van der Waals surface area contributed by atoms with E-state index in [0.29, 0.717) is 6.42 Å². The monoisotopic (exact) mass is 319 g/mol. The maximum atomic E-state index is 9.57. The predicted molar refractivity (Wildman–Crippen MR) is 90.1 cm³/mol. The summed E-state index contributed by atoms with van der Waals surface area (Å²) in [6.45, 7) is 2.29. The van der Waals surface area contributed by atoms with Crippen LogP contribution in [0.5, 0.6) is 17.2 Å². The molecule has 0 bridgehead atoms. The van der Waals surface area contributed by atoms with Crippen molar-refractivity contribution < 1.29 is 14.2 Å². The van der Waals surface area contributed by atoms with Crippen LogP contribution in [0.4, 0.5) is 0 Å². The smallest absolute Gasteiger partial charge is 0.231 e. The minimum absolute atomic E-state index is 0.130. The molecule has 4 rings (SSSR count). The second kappa shape index (κ2) is 5.61. The van der Waals surface area contributed by atoms with Crippen LogP contribution >= 0.6 is 0 Å². The fourth-order valence-corrected chi connectivity index (χ4v) is 3.43. The molecule has 1 atom stereocenters. The first-order valence-corrected chi connectivity index (χ1v) is 7.89. The van der Waals surface area contributed by atoms with Gasteiger partial charge in [-0.05, 0) is 65.4 Å². The van der Waals surface area contributed by atoms with E-state index in [1.165, 1.54) is 0 Å². The van der Waals surface area contributed by atoms with Crippen LogP contribution in [0.25, 0.3) is 5.57 Å². The van der Waals surface area contributed by atoms with Crippen LogP contribution in [0.3, 0.4) is 0 Å². The highest BCUT2D eigenvalue weighted by atomic mass is 16.7. The number of fused-ring (bicyclic) bond motifs is 2. The molecule has 2 aromatic carbocycles. The number of hydrogen-bond donors (Lipinski definition) is 0. The molecule has 0 radical (unpaired) electrons. The van der Waals surface area contributed by atoms with E-state index in [0.717, 1.165) is 45.1 Å². The van der Waals surface area contributed by atoms with Crippen LogP contribution in [-0.4, -0.2) is 13.9 Å². The molecular formula is C20H17NO3. The summed E-state index contributed by atoms with van der Waals surface area (Å²) in [5, 5.41) is 9.57. The Morgan fingerprint density at radius 2 is 1.83 bits per heavy atom. The second-order valence-electron chi connectivity index (χ2n) is 6.03. The molecule has 1 heterocycles. The van der Waals surface area contributed by atoms with Crippen LogP contribution in [0, 0.1) is 17.2 Å². The molecule has 4 nitrogen and oxygen atoms in total. The third-order valence-corrected chi connectivity index (χ3v) is 4.74. The zero-order valence-electron chi connectivity index (χ0n) is 13.6. The number of rotatable bonds is 2. The largest absolute Gasteiger partial charge is 0.497 e. The summed E-state index contributed by atoms with van der Waals surface area (Å²) < 4.78 is 16.3. The second-order valence-corrected chi connectivity index (χ2v) is 6.03. The zero-order valence-corrected chi connectivity index (χ0v) is 13.6. The van der Waals surface area contributed by atoms with Crippen molar-refractivity contribution in [2.75, 3.05) is 13.9 Å². The minimum atomic E-state index is -0.130. The summed E-state index contributed by atoms with van der Waals surface area (Å²) in [5.41, 5.74) is 5.52. The normalized spacial score (nSPS) is 18.1. The van der Waals surface area contributed by atoms with E-state index >= 15 is 0 Å². The molecule has 0 saturated carbocycles. The molecule has 0 amide bonds. The van der Waals surface area contributed by atoms with Gasteiger partial charge in [-0.1, -0.05) is 12.1 Å². The van der Waals surface area contributed by atoms with Crippen molar-refractivity contribution >= 4 is 5.57 Å². The summed E-state index contributed by atoms with van der Waals surface area (Å²) in [7, 11) is 1.65. The van der Waals surface area contributed by atoms with Gasteiger partial charge in [0.05, 0.1) is 19.1 Å². The number of ether oxygens (including phenoxy) is 3.